The first-order valence-corrected chi connectivity index (χ1v) is 6.86. The van der Waals surface area contributed by atoms with Crippen LogP contribution in [0.5, 0.6) is 5.75 Å². The predicted octanol–water partition coefficient (Wildman–Crippen LogP) is 2.49. The molecule has 0 spiro atoms. The lowest BCUT2D eigenvalue weighted by Crippen LogP contribution is -2.27. The first kappa shape index (κ1) is 11.8. The summed E-state index contributed by atoms with van der Waals surface area (Å²) < 4.78 is 5.60. The van der Waals surface area contributed by atoms with Gasteiger partial charge in [-0.3, -0.25) is 0 Å². The highest BCUT2D eigenvalue weighted by Crippen LogP contribution is 2.26. The second-order valence-corrected chi connectivity index (χ2v) is 5.47. The van der Waals surface area contributed by atoms with Crippen molar-refractivity contribution in [3.05, 3.63) is 29.8 Å². The van der Waals surface area contributed by atoms with Gasteiger partial charge >= 0.3 is 0 Å². The van der Waals surface area contributed by atoms with Gasteiger partial charge in [-0.05, 0) is 48.5 Å². The summed E-state index contributed by atoms with van der Waals surface area (Å²) in [5.41, 5.74) is 1.18. The topological polar surface area (TPSA) is 29.5 Å². The van der Waals surface area contributed by atoms with Crippen LogP contribution in [0, 0.1) is 12.8 Å². The van der Waals surface area contributed by atoms with Gasteiger partial charge in [-0.25, -0.2) is 0 Å². The number of aliphatic hydroxyl groups is 1. The SMILES string of the molecule is Cc1cccc(OCC(O)C2CCSC2)c1. The van der Waals surface area contributed by atoms with Gasteiger partial charge in [-0.15, -0.1) is 0 Å². The number of thioether (sulfide) groups is 1. The fourth-order valence-electron chi connectivity index (χ4n) is 1.88. The van der Waals surface area contributed by atoms with Crippen LogP contribution in [0.3, 0.4) is 0 Å². The summed E-state index contributed by atoms with van der Waals surface area (Å²) in [7, 11) is 0. The van der Waals surface area contributed by atoms with Gasteiger partial charge < -0.3 is 9.84 Å². The molecule has 0 aliphatic carbocycles. The molecule has 0 aromatic heterocycles. The van der Waals surface area contributed by atoms with Crippen molar-refractivity contribution < 1.29 is 9.84 Å². The molecule has 2 unspecified atom stereocenters. The molecule has 16 heavy (non-hydrogen) atoms. The maximum atomic E-state index is 9.94. The Morgan fingerprint density at radius 1 is 1.56 bits per heavy atom. The van der Waals surface area contributed by atoms with Crippen LogP contribution in [0.15, 0.2) is 24.3 Å². The van der Waals surface area contributed by atoms with E-state index in [0.29, 0.717) is 12.5 Å². The molecule has 88 valence electrons. The zero-order valence-electron chi connectivity index (χ0n) is 9.56. The minimum absolute atomic E-state index is 0.324. The van der Waals surface area contributed by atoms with Crippen molar-refractivity contribution in [1.29, 1.82) is 0 Å². The van der Waals surface area contributed by atoms with Gasteiger partial charge in [-0.2, -0.15) is 11.8 Å². The second-order valence-electron chi connectivity index (χ2n) is 4.32. The van der Waals surface area contributed by atoms with E-state index in [0.717, 1.165) is 17.9 Å². The summed E-state index contributed by atoms with van der Waals surface area (Å²) in [5, 5.41) is 9.94. The number of ether oxygens (including phenoxy) is 1. The second kappa shape index (κ2) is 5.60. The van der Waals surface area contributed by atoms with E-state index in [2.05, 4.69) is 0 Å². The van der Waals surface area contributed by atoms with Crippen molar-refractivity contribution in [3.8, 4) is 5.75 Å². The minimum atomic E-state index is -0.324. The molecule has 1 fully saturated rings. The van der Waals surface area contributed by atoms with Crippen LogP contribution < -0.4 is 4.74 Å². The van der Waals surface area contributed by atoms with Crippen LogP contribution in [-0.4, -0.2) is 29.3 Å². The van der Waals surface area contributed by atoms with E-state index in [1.165, 1.54) is 11.3 Å². The predicted molar refractivity (Wildman–Crippen MR) is 68.1 cm³/mol. The van der Waals surface area contributed by atoms with E-state index in [9.17, 15) is 5.11 Å². The average Bonchev–Trinajstić information content (AvgIpc) is 2.79. The van der Waals surface area contributed by atoms with Crippen molar-refractivity contribution >= 4 is 11.8 Å². The molecule has 0 amide bonds. The van der Waals surface area contributed by atoms with E-state index >= 15 is 0 Å². The van der Waals surface area contributed by atoms with Gasteiger partial charge in [0.2, 0.25) is 0 Å². The number of hydrogen-bond donors (Lipinski definition) is 1. The maximum absolute atomic E-state index is 9.94. The molecule has 2 atom stereocenters. The number of benzene rings is 1. The molecule has 1 aliphatic heterocycles. The van der Waals surface area contributed by atoms with Crippen molar-refractivity contribution in [1.82, 2.24) is 0 Å². The standard InChI is InChI=1S/C13H18O2S/c1-10-3-2-4-12(7-10)15-8-13(14)11-5-6-16-9-11/h2-4,7,11,13-14H,5-6,8-9H2,1H3. The van der Waals surface area contributed by atoms with Crippen molar-refractivity contribution in [2.24, 2.45) is 5.92 Å². The number of hydrogen-bond acceptors (Lipinski definition) is 3. The highest BCUT2D eigenvalue weighted by molar-refractivity contribution is 7.99. The van der Waals surface area contributed by atoms with Crippen molar-refractivity contribution in [2.75, 3.05) is 18.1 Å². The molecule has 0 radical (unpaired) electrons. The number of rotatable bonds is 4. The van der Waals surface area contributed by atoms with E-state index in [-0.39, 0.29) is 6.10 Å². The maximum Gasteiger partial charge on any atom is 0.119 e. The molecule has 1 aliphatic rings. The molecule has 3 heteroatoms. The molecule has 1 aromatic carbocycles. The molecule has 1 heterocycles. The molecule has 2 nitrogen and oxygen atoms in total. The molecule has 1 saturated heterocycles. The molecule has 0 bridgehead atoms. The minimum Gasteiger partial charge on any atom is -0.491 e. The molecular weight excluding hydrogens is 220 g/mol. The van der Waals surface area contributed by atoms with Crippen molar-refractivity contribution in [3.63, 3.8) is 0 Å². The van der Waals surface area contributed by atoms with Crippen LogP contribution in [0.25, 0.3) is 0 Å². The van der Waals surface area contributed by atoms with Crippen LogP contribution >= 0.6 is 11.8 Å². The Morgan fingerprint density at radius 2 is 2.44 bits per heavy atom. The van der Waals surface area contributed by atoms with Crippen LogP contribution in [0.2, 0.25) is 0 Å². The molecule has 2 rings (SSSR count). The Labute approximate surface area is 101 Å². The Hall–Kier alpha value is -0.670. The molecule has 1 aromatic rings. The molecule has 1 N–H and O–H groups in total. The molecule has 0 saturated carbocycles. The zero-order valence-corrected chi connectivity index (χ0v) is 10.4. The van der Waals surface area contributed by atoms with Crippen LogP contribution in [0.4, 0.5) is 0 Å². The monoisotopic (exact) mass is 238 g/mol. The Bertz CT molecular complexity index is 334. The third-order valence-electron chi connectivity index (χ3n) is 2.92. The van der Waals surface area contributed by atoms with Gasteiger partial charge in [0.25, 0.3) is 0 Å². The first-order valence-electron chi connectivity index (χ1n) is 5.71. The van der Waals surface area contributed by atoms with E-state index in [4.69, 9.17) is 4.74 Å². The summed E-state index contributed by atoms with van der Waals surface area (Å²) in [6.45, 7) is 2.45. The van der Waals surface area contributed by atoms with Gasteiger partial charge in [-0.1, -0.05) is 12.1 Å². The Morgan fingerprint density at radius 3 is 3.12 bits per heavy atom. The largest absolute Gasteiger partial charge is 0.491 e. The van der Waals surface area contributed by atoms with Crippen LogP contribution in [-0.2, 0) is 0 Å². The first-order chi connectivity index (χ1) is 7.75. The van der Waals surface area contributed by atoms with E-state index in [1.54, 1.807) is 0 Å². The van der Waals surface area contributed by atoms with Gasteiger partial charge in [0.15, 0.2) is 0 Å². The van der Waals surface area contributed by atoms with Crippen LogP contribution in [0.1, 0.15) is 12.0 Å². The highest BCUT2D eigenvalue weighted by Gasteiger charge is 2.23. The van der Waals surface area contributed by atoms with E-state index in [1.807, 2.05) is 43.0 Å². The normalized spacial score (nSPS) is 22.0. The van der Waals surface area contributed by atoms with Gasteiger partial charge in [0.1, 0.15) is 12.4 Å². The number of aliphatic hydroxyl groups excluding tert-OH is 1. The van der Waals surface area contributed by atoms with Gasteiger partial charge in [0.05, 0.1) is 6.10 Å². The Kier molecular flexibility index (Phi) is 4.13. The smallest absolute Gasteiger partial charge is 0.119 e. The third kappa shape index (κ3) is 3.16. The fraction of sp³-hybridized carbons (Fsp3) is 0.538. The summed E-state index contributed by atoms with van der Waals surface area (Å²) in [6, 6.07) is 7.94. The quantitative estimate of drug-likeness (QED) is 0.874. The average molecular weight is 238 g/mol. The summed E-state index contributed by atoms with van der Waals surface area (Å²) in [6.07, 6.45) is 0.790. The molecular formula is C13H18O2S. The lowest BCUT2D eigenvalue weighted by atomic mass is 10.0. The summed E-state index contributed by atoms with van der Waals surface area (Å²) in [4.78, 5) is 0. The fourth-order valence-corrected chi connectivity index (χ4v) is 3.21. The van der Waals surface area contributed by atoms with E-state index < -0.39 is 0 Å². The lowest BCUT2D eigenvalue weighted by Gasteiger charge is -2.17. The van der Waals surface area contributed by atoms with Gasteiger partial charge in [0, 0.05) is 0 Å². The summed E-state index contributed by atoms with van der Waals surface area (Å²) >= 11 is 1.92. The zero-order chi connectivity index (χ0) is 11.4. The Balaban J connectivity index is 1.82. The summed E-state index contributed by atoms with van der Waals surface area (Å²) in [5.74, 6) is 3.50. The lowest BCUT2D eigenvalue weighted by molar-refractivity contribution is 0.0663. The highest BCUT2D eigenvalue weighted by atomic mass is 32.2. The number of aryl methyl sites for hydroxylation is 1. The van der Waals surface area contributed by atoms with Crippen molar-refractivity contribution in [2.45, 2.75) is 19.4 Å². The third-order valence-corrected chi connectivity index (χ3v) is 4.11.